The molecule has 1 aliphatic rings. The second-order valence-corrected chi connectivity index (χ2v) is 4.78. The molecule has 1 aliphatic heterocycles. The molecule has 0 atom stereocenters. The van der Waals surface area contributed by atoms with E-state index in [1.807, 2.05) is 18.3 Å². The highest BCUT2D eigenvalue weighted by molar-refractivity contribution is 5.47. The van der Waals surface area contributed by atoms with Gasteiger partial charge < -0.3 is 10.1 Å². The second-order valence-electron chi connectivity index (χ2n) is 4.78. The largest absolute Gasteiger partial charge is 0.376 e. The van der Waals surface area contributed by atoms with E-state index in [0.29, 0.717) is 13.0 Å². The Hall–Kier alpha value is -2.01. The Morgan fingerprint density at radius 2 is 2.30 bits per heavy atom. The van der Waals surface area contributed by atoms with Crippen LogP contribution >= 0.6 is 0 Å². The van der Waals surface area contributed by atoms with Crippen LogP contribution in [-0.4, -0.2) is 28.1 Å². The van der Waals surface area contributed by atoms with Crippen LogP contribution < -0.4 is 5.32 Å². The number of nitrogens with zero attached hydrogens (tertiary/aromatic N) is 3. The average molecular weight is 270 g/mol. The molecular formula is C15H18N4O. The molecule has 104 valence electrons. The molecule has 1 N–H and O–H groups in total. The molecule has 0 saturated carbocycles. The number of nitrogens with one attached hydrogen (secondary N) is 1. The minimum atomic E-state index is 0.602. The average Bonchev–Trinajstić information content (AvgIpc) is 2.49. The fourth-order valence-corrected chi connectivity index (χ4v) is 2.36. The van der Waals surface area contributed by atoms with E-state index in [1.165, 1.54) is 0 Å². The molecule has 0 saturated heterocycles. The van der Waals surface area contributed by atoms with E-state index in [2.05, 4.69) is 22.2 Å². The van der Waals surface area contributed by atoms with E-state index in [0.717, 1.165) is 48.0 Å². The molecule has 0 spiro atoms. The molecule has 0 bridgehead atoms. The van der Waals surface area contributed by atoms with Gasteiger partial charge in [-0.2, -0.15) is 0 Å². The van der Waals surface area contributed by atoms with Gasteiger partial charge in [-0.05, 0) is 18.6 Å². The summed E-state index contributed by atoms with van der Waals surface area (Å²) < 4.78 is 5.51. The molecule has 0 aliphatic carbocycles. The van der Waals surface area contributed by atoms with Crippen LogP contribution in [0.3, 0.4) is 0 Å². The van der Waals surface area contributed by atoms with Crippen molar-refractivity contribution in [2.24, 2.45) is 0 Å². The predicted molar refractivity (Wildman–Crippen MR) is 76.6 cm³/mol. The van der Waals surface area contributed by atoms with Crippen molar-refractivity contribution >= 4 is 5.82 Å². The third kappa shape index (κ3) is 2.77. The molecule has 3 heterocycles. The monoisotopic (exact) mass is 270 g/mol. The van der Waals surface area contributed by atoms with Gasteiger partial charge in [0.2, 0.25) is 0 Å². The molecular weight excluding hydrogens is 252 g/mol. The Balaban J connectivity index is 1.93. The maximum Gasteiger partial charge on any atom is 0.135 e. The minimum Gasteiger partial charge on any atom is -0.376 e. The third-order valence-electron chi connectivity index (χ3n) is 3.30. The normalized spacial score (nSPS) is 13.8. The molecule has 0 fully saturated rings. The number of hydrogen-bond acceptors (Lipinski definition) is 5. The summed E-state index contributed by atoms with van der Waals surface area (Å²) >= 11 is 0. The molecule has 5 heteroatoms. The molecule has 2 aromatic heterocycles. The van der Waals surface area contributed by atoms with Crippen LogP contribution in [-0.2, 0) is 24.2 Å². The lowest BCUT2D eigenvalue weighted by molar-refractivity contribution is 0.109. The summed E-state index contributed by atoms with van der Waals surface area (Å²) in [4.78, 5) is 13.5. The third-order valence-corrected chi connectivity index (χ3v) is 3.30. The molecule has 0 aromatic carbocycles. The Morgan fingerprint density at radius 3 is 3.10 bits per heavy atom. The highest BCUT2D eigenvalue weighted by atomic mass is 16.5. The molecule has 0 unspecified atom stereocenters. The first-order chi connectivity index (χ1) is 9.86. The Kier molecular flexibility index (Phi) is 3.87. The van der Waals surface area contributed by atoms with Crippen LogP contribution in [0.25, 0.3) is 0 Å². The van der Waals surface area contributed by atoms with Gasteiger partial charge in [0.1, 0.15) is 11.6 Å². The van der Waals surface area contributed by atoms with E-state index in [4.69, 9.17) is 9.72 Å². The number of aromatic nitrogens is 3. The first-order valence-corrected chi connectivity index (χ1v) is 6.96. The zero-order valence-electron chi connectivity index (χ0n) is 11.6. The Morgan fingerprint density at radius 1 is 1.35 bits per heavy atom. The van der Waals surface area contributed by atoms with Crippen molar-refractivity contribution in [1.82, 2.24) is 15.0 Å². The smallest absolute Gasteiger partial charge is 0.135 e. The molecule has 2 aromatic rings. The standard InChI is InChI=1S/C15H18N4O/c1-2-17-15-12-10-20-7-5-13(12)18-14(19-15)8-11-4-3-6-16-9-11/h3-4,6,9H,2,5,7-8,10H2,1H3,(H,17,18,19). The van der Waals surface area contributed by atoms with Gasteiger partial charge in [0.15, 0.2) is 0 Å². The number of ether oxygens (including phenoxy) is 1. The molecule has 20 heavy (non-hydrogen) atoms. The Labute approximate surface area is 118 Å². The van der Waals surface area contributed by atoms with Crippen LogP contribution in [0, 0.1) is 0 Å². The first kappa shape index (κ1) is 13.0. The molecule has 3 rings (SSSR count). The van der Waals surface area contributed by atoms with Crippen molar-refractivity contribution in [2.45, 2.75) is 26.4 Å². The van der Waals surface area contributed by atoms with Crippen LogP contribution in [0.5, 0.6) is 0 Å². The van der Waals surface area contributed by atoms with Gasteiger partial charge >= 0.3 is 0 Å². The van der Waals surface area contributed by atoms with Crippen LogP contribution in [0.15, 0.2) is 24.5 Å². The van der Waals surface area contributed by atoms with Gasteiger partial charge in [-0.3, -0.25) is 4.98 Å². The summed E-state index contributed by atoms with van der Waals surface area (Å²) in [7, 11) is 0. The highest BCUT2D eigenvalue weighted by Gasteiger charge is 2.18. The summed E-state index contributed by atoms with van der Waals surface area (Å²) in [5, 5.41) is 3.32. The van der Waals surface area contributed by atoms with Crippen LogP contribution in [0.1, 0.15) is 29.6 Å². The lowest BCUT2D eigenvalue weighted by Gasteiger charge is -2.19. The van der Waals surface area contributed by atoms with Crippen molar-refractivity contribution in [3.05, 3.63) is 47.2 Å². The number of rotatable bonds is 4. The maximum atomic E-state index is 5.51. The highest BCUT2D eigenvalue weighted by Crippen LogP contribution is 2.22. The lowest BCUT2D eigenvalue weighted by atomic mass is 10.1. The Bertz CT molecular complexity index is 586. The summed E-state index contributed by atoms with van der Waals surface area (Å²) in [6, 6.07) is 3.98. The fraction of sp³-hybridized carbons (Fsp3) is 0.400. The summed E-state index contributed by atoms with van der Waals surface area (Å²) in [5.74, 6) is 1.76. The molecule has 0 radical (unpaired) electrons. The zero-order chi connectivity index (χ0) is 13.8. The summed E-state index contributed by atoms with van der Waals surface area (Å²) in [6.45, 7) is 4.25. The number of pyridine rings is 1. The quantitative estimate of drug-likeness (QED) is 0.920. The molecule has 0 amide bonds. The number of anilines is 1. The summed E-state index contributed by atoms with van der Waals surface area (Å²) in [5.41, 5.74) is 3.34. The van der Waals surface area contributed by atoms with Gasteiger partial charge in [0.25, 0.3) is 0 Å². The van der Waals surface area contributed by atoms with E-state index in [1.54, 1.807) is 6.20 Å². The molecule has 5 nitrogen and oxygen atoms in total. The lowest BCUT2D eigenvalue weighted by Crippen LogP contribution is -2.18. The zero-order valence-corrected chi connectivity index (χ0v) is 11.6. The van der Waals surface area contributed by atoms with Gasteiger partial charge in [-0.25, -0.2) is 9.97 Å². The van der Waals surface area contributed by atoms with Gasteiger partial charge in [-0.15, -0.1) is 0 Å². The predicted octanol–water partition coefficient (Wildman–Crippen LogP) is 1.97. The van der Waals surface area contributed by atoms with Crippen LogP contribution in [0.2, 0.25) is 0 Å². The van der Waals surface area contributed by atoms with Gasteiger partial charge in [0, 0.05) is 37.3 Å². The first-order valence-electron chi connectivity index (χ1n) is 6.96. The van der Waals surface area contributed by atoms with Crippen molar-refractivity contribution < 1.29 is 4.74 Å². The van der Waals surface area contributed by atoms with Crippen molar-refractivity contribution in [1.29, 1.82) is 0 Å². The number of fused-ring (bicyclic) bond motifs is 1. The van der Waals surface area contributed by atoms with Gasteiger partial charge in [0.05, 0.1) is 18.9 Å². The van der Waals surface area contributed by atoms with Crippen molar-refractivity contribution in [3.63, 3.8) is 0 Å². The SMILES string of the molecule is CCNc1nc(Cc2cccnc2)nc2c1COCC2. The van der Waals surface area contributed by atoms with Crippen LogP contribution in [0.4, 0.5) is 5.82 Å². The topological polar surface area (TPSA) is 59.9 Å². The van der Waals surface area contributed by atoms with Crippen molar-refractivity contribution in [2.75, 3.05) is 18.5 Å². The van der Waals surface area contributed by atoms with E-state index < -0.39 is 0 Å². The van der Waals surface area contributed by atoms with Gasteiger partial charge in [-0.1, -0.05) is 6.07 Å². The summed E-state index contributed by atoms with van der Waals surface area (Å²) in [6.07, 6.45) is 5.20. The minimum absolute atomic E-state index is 0.602. The second kappa shape index (κ2) is 5.96. The number of hydrogen-bond donors (Lipinski definition) is 1. The van der Waals surface area contributed by atoms with E-state index >= 15 is 0 Å². The fourth-order valence-electron chi connectivity index (χ4n) is 2.36. The van der Waals surface area contributed by atoms with E-state index in [-0.39, 0.29) is 0 Å². The maximum absolute atomic E-state index is 5.51. The van der Waals surface area contributed by atoms with Crippen molar-refractivity contribution in [3.8, 4) is 0 Å². The van der Waals surface area contributed by atoms with E-state index in [9.17, 15) is 0 Å².